The number of unbranched alkanes of at least 4 members (excludes halogenated alkanes) is 5. The van der Waals surface area contributed by atoms with Crippen LogP contribution in [0, 0.1) is 5.92 Å². The zero-order valence-corrected chi connectivity index (χ0v) is 11.9. The van der Waals surface area contributed by atoms with Gasteiger partial charge in [0.05, 0.1) is 0 Å². The van der Waals surface area contributed by atoms with E-state index in [1.807, 2.05) is 0 Å². The number of hydrogen-bond acceptors (Lipinski definition) is 2. The van der Waals surface area contributed by atoms with Gasteiger partial charge in [-0.1, -0.05) is 39.0 Å². The lowest BCUT2D eigenvalue weighted by Gasteiger charge is -2.11. The molecule has 0 aromatic rings. The van der Waals surface area contributed by atoms with E-state index in [1.165, 1.54) is 38.5 Å². The zero-order chi connectivity index (χ0) is 13.2. The number of rotatable bonds is 9. The maximum absolute atomic E-state index is 11.6. The van der Waals surface area contributed by atoms with Crippen molar-refractivity contribution in [2.24, 2.45) is 11.7 Å². The molecule has 3 nitrogen and oxygen atoms in total. The lowest BCUT2D eigenvalue weighted by Crippen LogP contribution is -2.28. The van der Waals surface area contributed by atoms with Gasteiger partial charge >= 0.3 is 0 Å². The topological polar surface area (TPSA) is 55.1 Å². The van der Waals surface area contributed by atoms with Crippen molar-refractivity contribution in [3.63, 3.8) is 0 Å². The van der Waals surface area contributed by atoms with Crippen molar-refractivity contribution in [1.82, 2.24) is 5.32 Å². The van der Waals surface area contributed by atoms with Crippen LogP contribution in [0.5, 0.6) is 0 Å². The largest absolute Gasteiger partial charge is 0.356 e. The fourth-order valence-corrected chi connectivity index (χ4v) is 2.71. The highest BCUT2D eigenvalue weighted by Crippen LogP contribution is 2.23. The minimum absolute atomic E-state index is 0.228. The Hall–Kier alpha value is -0.570. The summed E-state index contributed by atoms with van der Waals surface area (Å²) in [6.07, 6.45) is 11.5. The van der Waals surface area contributed by atoms with E-state index in [2.05, 4.69) is 12.2 Å². The standard InChI is InChI=1S/C15H30N2O/c1-2-3-4-5-6-7-8-15(18)17-12-13-9-10-14(16)11-13/h13-14H,2-12,16H2,1H3,(H,17,18). The molecular formula is C15H30N2O. The van der Waals surface area contributed by atoms with E-state index in [-0.39, 0.29) is 5.91 Å². The van der Waals surface area contributed by atoms with Crippen molar-refractivity contribution in [3.8, 4) is 0 Å². The predicted octanol–water partition coefficient (Wildman–Crippen LogP) is 2.98. The Labute approximate surface area is 112 Å². The highest BCUT2D eigenvalue weighted by Gasteiger charge is 2.21. The summed E-state index contributed by atoms with van der Waals surface area (Å²) >= 11 is 0. The van der Waals surface area contributed by atoms with Gasteiger partial charge in [-0.05, 0) is 31.6 Å². The van der Waals surface area contributed by atoms with Crippen LogP contribution in [0.25, 0.3) is 0 Å². The number of nitrogens with two attached hydrogens (primary N) is 1. The highest BCUT2D eigenvalue weighted by atomic mass is 16.1. The second-order valence-corrected chi connectivity index (χ2v) is 5.76. The normalized spacial score (nSPS) is 23.2. The van der Waals surface area contributed by atoms with Gasteiger partial charge in [-0.3, -0.25) is 4.79 Å². The number of amides is 1. The molecule has 1 fully saturated rings. The molecule has 1 amide bonds. The van der Waals surface area contributed by atoms with Gasteiger partial charge in [0.25, 0.3) is 0 Å². The van der Waals surface area contributed by atoms with E-state index >= 15 is 0 Å². The van der Waals surface area contributed by atoms with E-state index in [9.17, 15) is 4.79 Å². The molecule has 3 heteroatoms. The molecule has 0 heterocycles. The first kappa shape index (κ1) is 15.5. The van der Waals surface area contributed by atoms with Gasteiger partial charge in [0.1, 0.15) is 0 Å². The zero-order valence-electron chi connectivity index (χ0n) is 11.9. The number of nitrogens with one attached hydrogen (secondary N) is 1. The molecule has 0 radical (unpaired) electrons. The molecule has 18 heavy (non-hydrogen) atoms. The Bertz CT molecular complexity index is 231. The van der Waals surface area contributed by atoms with Crippen molar-refractivity contribution in [2.75, 3.05) is 6.54 Å². The minimum atomic E-state index is 0.228. The van der Waals surface area contributed by atoms with Crippen molar-refractivity contribution in [1.29, 1.82) is 0 Å². The van der Waals surface area contributed by atoms with E-state index in [0.717, 1.165) is 25.8 Å². The summed E-state index contributed by atoms with van der Waals surface area (Å²) in [4.78, 5) is 11.6. The van der Waals surface area contributed by atoms with Crippen LogP contribution in [0.1, 0.15) is 71.1 Å². The molecule has 0 aromatic carbocycles. The molecule has 106 valence electrons. The highest BCUT2D eigenvalue weighted by molar-refractivity contribution is 5.75. The van der Waals surface area contributed by atoms with Crippen LogP contribution in [0.3, 0.4) is 0 Å². The molecule has 1 saturated carbocycles. The molecule has 1 aliphatic carbocycles. The lowest BCUT2D eigenvalue weighted by molar-refractivity contribution is -0.121. The molecule has 0 aromatic heterocycles. The van der Waals surface area contributed by atoms with E-state index in [1.54, 1.807) is 0 Å². The van der Waals surface area contributed by atoms with Gasteiger partial charge in [0.15, 0.2) is 0 Å². The van der Waals surface area contributed by atoms with E-state index in [0.29, 0.717) is 18.4 Å². The number of carbonyl (C=O) groups excluding carboxylic acids is 1. The second-order valence-electron chi connectivity index (χ2n) is 5.76. The third-order valence-electron chi connectivity index (χ3n) is 3.93. The third kappa shape index (κ3) is 7.00. The molecular weight excluding hydrogens is 224 g/mol. The summed E-state index contributed by atoms with van der Waals surface area (Å²) < 4.78 is 0. The van der Waals surface area contributed by atoms with Gasteiger partial charge in [-0.2, -0.15) is 0 Å². The Balaban J connectivity index is 1.91. The summed E-state index contributed by atoms with van der Waals surface area (Å²) in [5.74, 6) is 0.847. The first-order valence-corrected chi connectivity index (χ1v) is 7.74. The Morgan fingerprint density at radius 3 is 2.56 bits per heavy atom. The predicted molar refractivity (Wildman–Crippen MR) is 76.3 cm³/mol. The molecule has 1 aliphatic rings. The van der Waals surface area contributed by atoms with Crippen LogP contribution < -0.4 is 11.1 Å². The van der Waals surface area contributed by atoms with Crippen LogP contribution in [0.2, 0.25) is 0 Å². The fraction of sp³-hybridized carbons (Fsp3) is 0.933. The quantitative estimate of drug-likeness (QED) is 0.621. The van der Waals surface area contributed by atoms with Gasteiger partial charge in [0, 0.05) is 19.0 Å². The monoisotopic (exact) mass is 254 g/mol. The Morgan fingerprint density at radius 1 is 1.17 bits per heavy atom. The fourth-order valence-electron chi connectivity index (χ4n) is 2.71. The summed E-state index contributed by atoms with van der Waals surface area (Å²) in [7, 11) is 0. The minimum Gasteiger partial charge on any atom is -0.356 e. The van der Waals surface area contributed by atoms with Gasteiger partial charge in [-0.15, -0.1) is 0 Å². The summed E-state index contributed by atoms with van der Waals surface area (Å²) in [5, 5.41) is 3.05. The maximum Gasteiger partial charge on any atom is 0.220 e. The van der Waals surface area contributed by atoms with E-state index in [4.69, 9.17) is 5.73 Å². The number of carbonyl (C=O) groups is 1. The Morgan fingerprint density at radius 2 is 1.89 bits per heavy atom. The summed E-state index contributed by atoms with van der Waals surface area (Å²) in [6, 6.07) is 0.366. The molecule has 2 unspecified atom stereocenters. The van der Waals surface area contributed by atoms with Crippen molar-refractivity contribution < 1.29 is 4.79 Å². The molecule has 0 aliphatic heterocycles. The van der Waals surface area contributed by atoms with Crippen molar-refractivity contribution in [3.05, 3.63) is 0 Å². The average Bonchev–Trinajstić information content (AvgIpc) is 2.77. The van der Waals surface area contributed by atoms with Crippen LogP contribution in [-0.4, -0.2) is 18.5 Å². The van der Waals surface area contributed by atoms with Crippen LogP contribution in [0.15, 0.2) is 0 Å². The smallest absolute Gasteiger partial charge is 0.220 e. The molecule has 2 atom stereocenters. The molecule has 0 spiro atoms. The Kier molecular flexibility index (Phi) is 8.06. The van der Waals surface area contributed by atoms with Crippen molar-refractivity contribution >= 4 is 5.91 Å². The second kappa shape index (κ2) is 9.37. The third-order valence-corrected chi connectivity index (χ3v) is 3.93. The van der Waals surface area contributed by atoms with Crippen molar-refractivity contribution in [2.45, 2.75) is 77.2 Å². The summed E-state index contributed by atoms with van der Waals surface area (Å²) in [6.45, 7) is 3.06. The van der Waals surface area contributed by atoms with Gasteiger partial charge in [-0.25, -0.2) is 0 Å². The SMILES string of the molecule is CCCCCCCCC(=O)NCC1CCC(N)C1. The van der Waals surface area contributed by atoms with Crippen LogP contribution in [0.4, 0.5) is 0 Å². The average molecular weight is 254 g/mol. The van der Waals surface area contributed by atoms with Gasteiger partial charge < -0.3 is 11.1 Å². The molecule has 1 rings (SSSR count). The van der Waals surface area contributed by atoms with E-state index < -0.39 is 0 Å². The molecule has 3 N–H and O–H groups in total. The van der Waals surface area contributed by atoms with Crippen LogP contribution in [-0.2, 0) is 4.79 Å². The van der Waals surface area contributed by atoms with Gasteiger partial charge in [0.2, 0.25) is 5.91 Å². The van der Waals surface area contributed by atoms with Crippen LogP contribution >= 0.6 is 0 Å². The first-order valence-electron chi connectivity index (χ1n) is 7.74. The lowest BCUT2D eigenvalue weighted by atomic mass is 10.1. The molecule has 0 saturated heterocycles. The number of hydrogen-bond donors (Lipinski definition) is 2. The maximum atomic E-state index is 11.6. The first-order chi connectivity index (χ1) is 8.72. The summed E-state index contributed by atoms with van der Waals surface area (Å²) in [5.41, 5.74) is 5.86. The molecule has 0 bridgehead atoms.